The van der Waals surface area contributed by atoms with Crippen molar-refractivity contribution in [1.82, 2.24) is 4.90 Å². The van der Waals surface area contributed by atoms with Gasteiger partial charge in [-0.05, 0) is 31.0 Å². The summed E-state index contributed by atoms with van der Waals surface area (Å²) in [4.78, 5) is 2.46. The first-order valence-electron chi connectivity index (χ1n) is 6.46. The fourth-order valence-electron chi connectivity index (χ4n) is 2.41. The number of nitrogen functional groups attached to an aromatic ring is 1. The lowest BCUT2D eigenvalue weighted by Gasteiger charge is -2.33. The summed E-state index contributed by atoms with van der Waals surface area (Å²) in [6.45, 7) is 5.95. The summed E-state index contributed by atoms with van der Waals surface area (Å²) < 4.78 is 5.56. The summed E-state index contributed by atoms with van der Waals surface area (Å²) in [6.07, 6.45) is 2.41. The van der Waals surface area contributed by atoms with Gasteiger partial charge in [-0.25, -0.2) is 0 Å². The predicted octanol–water partition coefficient (Wildman–Crippen LogP) is 2.27. The Morgan fingerprint density at radius 2 is 2.24 bits per heavy atom. The zero-order valence-corrected chi connectivity index (χ0v) is 10.6. The fraction of sp³-hybridized carbons (Fsp3) is 0.571. The van der Waals surface area contributed by atoms with Crippen molar-refractivity contribution in [2.24, 2.45) is 0 Å². The Labute approximate surface area is 104 Å². The SMILES string of the molecule is CCN(Cc1ccccc1N)C1CCCOC1. The molecule has 1 aromatic carbocycles. The molecule has 1 aromatic rings. The van der Waals surface area contributed by atoms with Crippen LogP contribution in [0.2, 0.25) is 0 Å². The number of nitrogens with zero attached hydrogens (tertiary/aromatic N) is 1. The van der Waals surface area contributed by atoms with Crippen molar-refractivity contribution >= 4 is 5.69 Å². The molecule has 0 saturated carbocycles. The third-order valence-corrected chi connectivity index (χ3v) is 3.49. The van der Waals surface area contributed by atoms with Gasteiger partial charge < -0.3 is 10.5 Å². The van der Waals surface area contributed by atoms with E-state index in [1.165, 1.54) is 18.4 Å². The van der Waals surface area contributed by atoms with Gasteiger partial charge in [0.05, 0.1) is 6.61 Å². The number of ether oxygens (including phenoxy) is 1. The molecule has 17 heavy (non-hydrogen) atoms. The van der Waals surface area contributed by atoms with Gasteiger partial charge in [0.15, 0.2) is 0 Å². The van der Waals surface area contributed by atoms with Gasteiger partial charge in [-0.1, -0.05) is 25.1 Å². The van der Waals surface area contributed by atoms with Crippen molar-refractivity contribution in [3.05, 3.63) is 29.8 Å². The summed E-state index contributed by atoms with van der Waals surface area (Å²) in [5.41, 5.74) is 8.11. The Bertz CT molecular complexity index is 348. The molecule has 1 aliphatic heterocycles. The first-order valence-corrected chi connectivity index (χ1v) is 6.46. The number of rotatable bonds is 4. The Hall–Kier alpha value is -1.06. The van der Waals surface area contributed by atoms with Crippen molar-refractivity contribution in [1.29, 1.82) is 0 Å². The molecule has 94 valence electrons. The topological polar surface area (TPSA) is 38.5 Å². The number of para-hydroxylation sites is 1. The lowest BCUT2D eigenvalue weighted by atomic mass is 10.1. The van der Waals surface area contributed by atoms with Crippen molar-refractivity contribution < 1.29 is 4.74 Å². The quantitative estimate of drug-likeness (QED) is 0.812. The van der Waals surface area contributed by atoms with Gasteiger partial charge in [0, 0.05) is 24.9 Å². The normalized spacial score (nSPS) is 20.7. The average Bonchev–Trinajstić information content (AvgIpc) is 2.39. The third-order valence-electron chi connectivity index (χ3n) is 3.49. The van der Waals surface area contributed by atoms with Crippen LogP contribution in [0.4, 0.5) is 5.69 Å². The molecule has 0 aliphatic carbocycles. The molecule has 2 N–H and O–H groups in total. The van der Waals surface area contributed by atoms with Crippen LogP contribution in [0, 0.1) is 0 Å². The van der Waals surface area contributed by atoms with Crippen LogP contribution in [0.3, 0.4) is 0 Å². The second kappa shape index (κ2) is 6.03. The predicted molar refractivity (Wildman–Crippen MR) is 70.8 cm³/mol. The van der Waals surface area contributed by atoms with E-state index in [0.717, 1.165) is 32.0 Å². The molecule has 0 radical (unpaired) electrons. The largest absolute Gasteiger partial charge is 0.398 e. The highest BCUT2D eigenvalue weighted by molar-refractivity contribution is 5.46. The van der Waals surface area contributed by atoms with E-state index in [4.69, 9.17) is 10.5 Å². The van der Waals surface area contributed by atoms with Gasteiger partial charge in [0.2, 0.25) is 0 Å². The number of benzene rings is 1. The van der Waals surface area contributed by atoms with E-state index in [2.05, 4.69) is 24.0 Å². The van der Waals surface area contributed by atoms with Crippen LogP contribution < -0.4 is 5.73 Å². The maximum Gasteiger partial charge on any atom is 0.0621 e. The molecule has 0 bridgehead atoms. The van der Waals surface area contributed by atoms with E-state index in [0.29, 0.717) is 6.04 Å². The van der Waals surface area contributed by atoms with Crippen LogP contribution in [-0.4, -0.2) is 30.7 Å². The number of anilines is 1. The zero-order chi connectivity index (χ0) is 12.1. The lowest BCUT2D eigenvalue weighted by Crippen LogP contribution is -2.40. The van der Waals surface area contributed by atoms with Crippen LogP contribution in [0.1, 0.15) is 25.3 Å². The van der Waals surface area contributed by atoms with Crippen molar-refractivity contribution in [2.45, 2.75) is 32.4 Å². The third kappa shape index (κ3) is 3.20. The summed E-state index contributed by atoms with van der Waals surface area (Å²) in [5, 5.41) is 0. The van der Waals surface area contributed by atoms with Crippen molar-refractivity contribution in [3.8, 4) is 0 Å². The summed E-state index contributed by atoms with van der Waals surface area (Å²) in [7, 11) is 0. The maximum atomic E-state index is 6.00. The molecule has 0 spiro atoms. The summed E-state index contributed by atoms with van der Waals surface area (Å²) >= 11 is 0. The average molecular weight is 234 g/mol. The Morgan fingerprint density at radius 1 is 1.41 bits per heavy atom. The highest BCUT2D eigenvalue weighted by atomic mass is 16.5. The van der Waals surface area contributed by atoms with E-state index in [-0.39, 0.29) is 0 Å². The van der Waals surface area contributed by atoms with E-state index < -0.39 is 0 Å². The minimum absolute atomic E-state index is 0.549. The highest BCUT2D eigenvalue weighted by Gasteiger charge is 2.20. The van der Waals surface area contributed by atoms with Gasteiger partial charge in [0.25, 0.3) is 0 Å². The van der Waals surface area contributed by atoms with Crippen LogP contribution in [0.25, 0.3) is 0 Å². The number of hydrogen-bond acceptors (Lipinski definition) is 3. The van der Waals surface area contributed by atoms with E-state index >= 15 is 0 Å². The molecule has 1 saturated heterocycles. The Balaban J connectivity index is 2.01. The summed E-state index contributed by atoms with van der Waals surface area (Å²) in [5.74, 6) is 0. The molecule has 3 nitrogen and oxygen atoms in total. The van der Waals surface area contributed by atoms with E-state index in [9.17, 15) is 0 Å². The van der Waals surface area contributed by atoms with Crippen LogP contribution in [0.5, 0.6) is 0 Å². The minimum Gasteiger partial charge on any atom is -0.398 e. The first-order chi connectivity index (χ1) is 8.31. The number of likely N-dealkylation sites (N-methyl/N-ethyl adjacent to an activating group) is 1. The van der Waals surface area contributed by atoms with E-state index in [1.54, 1.807) is 0 Å². The standard InChI is InChI=1S/C14H22N2O/c1-2-16(13-7-5-9-17-11-13)10-12-6-3-4-8-14(12)15/h3-4,6,8,13H,2,5,7,9-11,15H2,1H3. The maximum absolute atomic E-state index is 6.00. The van der Waals surface area contributed by atoms with Gasteiger partial charge >= 0.3 is 0 Å². The van der Waals surface area contributed by atoms with Gasteiger partial charge in [-0.2, -0.15) is 0 Å². The highest BCUT2D eigenvalue weighted by Crippen LogP contribution is 2.19. The molecular weight excluding hydrogens is 212 g/mol. The van der Waals surface area contributed by atoms with Crippen molar-refractivity contribution in [2.75, 3.05) is 25.5 Å². The number of nitrogens with two attached hydrogens (primary N) is 1. The molecule has 3 heteroatoms. The van der Waals surface area contributed by atoms with Gasteiger partial charge in [-0.15, -0.1) is 0 Å². The molecule has 1 aliphatic rings. The zero-order valence-electron chi connectivity index (χ0n) is 10.6. The molecule has 1 fully saturated rings. The molecule has 1 heterocycles. The van der Waals surface area contributed by atoms with Crippen LogP contribution in [-0.2, 0) is 11.3 Å². The van der Waals surface area contributed by atoms with Crippen LogP contribution in [0.15, 0.2) is 24.3 Å². The monoisotopic (exact) mass is 234 g/mol. The fourth-order valence-corrected chi connectivity index (χ4v) is 2.41. The molecule has 1 atom stereocenters. The Morgan fingerprint density at radius 3 is 2.88 bits per heavy atom. The molecular formula is C14H22N2O. The summed E-state index contributed by atoms with van der Waals surface area (Å²) in [6, 6.07) is 8.67. The smallest absolute Gasteiger partial charge is 0.0621 e. The van der Waals surface area contributed by atoms with Crippen molar-refractivity contribution in [3.63, 3.8) is 0 Å². The Kier molecular flexibility index (Phi) is 4.40. The number of hydrogen-bond donors (Lipinski definition) is 1. The van der Waals surface area contributed by atoms with Gasteiger partial charge in [0.1, 0.15) is 0 Å². The molecule has 1 unspecified atom stereocenters. The molecule has 0 amide bonds. The molecule has 0 aromatic heterocycles. The molecule has 2 rings (SSSR count). The lowest BCUT2D eigenvalue weighted by molar-refractivity contribution is 0.0167. The first kappa shape index (κ1) is 12.4. The van der Waals surface area contributed by atoms with E-state index in [1.807, 2.05) is 12.1 Å². The van der Waals surface area contributed by atoms with Crippen LogP contribution >= 0.6 is 0 Å². The second-order valence-corrected chi connectivity index (χ2v) is 4.63. The minimum atomic E-state index is 0.549. The second-order valence-electron chi connectivity index (χ2n) is 4.63. The van der Waals surface area contributed by atoms with Gasteiger partial charge in [-0.3, -0.25) is 4.90 Å².